The van der Waals surface area contributed by atoms with Crippen molar-refractivity contribution in [1.82, 2.24) is 0 Å². The summed E-state index contributed by atoms with van der Waals surface area (Å²) in [6.07, 6.45) is 46.1. The Morgan fingerprint density at radius 1 is 0.415 bits per heavy atom. The fourth-order valence-corrected chi connectivity index (χ4v) is 3.78. The summed E-state index contributed by atoms with van der Waals surface area (Å²) in [4.78, 5) is 20.4. The van der Waals surface area contributed by atoms with Crippen molar-refractivity contribution in [2.75, 3.05) is 0 Å². The second kappa shape index (κ2) is 40.3. The van der Waals surface area contributed by atoms with Gasteiger partial charge in [-0.1, -0.05) is 125 Å². The number of carbonyl (C=O) groups is 2. The molecule has 0 aliphatic heterocycles. The van der Waals surface area contributed by atoms with Gasteiger partial charge in [-0.15, -0.1) is 0 Å². The zero-order chi connectivity index (χ0) is 29.8. The van der Waals surface area contributed by atoms with Gasteiger partial charge >= 0.3 is 23.1 Å². The van der Waals surface area contributed by atoms with Crippen molar-refractivity contribution in [2.24, 2.45) is 0 Å². The maximum atomic E-state index is 10.2. The minimum atomic E-state index is -0.925. The maximum absolute atomic E-state index is 10.2. The van der Waals surface area contributed by atoms with Crippen LogP contribution < -0.4 is 10.2 Å². The third-order valence-corrected chi connectivity index (χ3v) is 6.06. The standard InChI is InChI=1S/2C18H30O2.Mg/c2*1-2-3-4-5-6-7-8-9-10-11-12-13-14-15-16-17-18(19)20;/h2*3-4,6-7,9-10H,2,5,8,11-17H2,1H3,(H,19,20);/q;;+2/p-2/b2*4-3-,7-6-,10-9-;. The summed E-state index contributed by atoms with van der Waals surface area (Å²) in [5, 5.41) is 20.4. The molecule has 0 rings (SSSR count). The molecule has 0 bridgehead atoms. The Kier molecular flexibility index (Phi) is 42.8. The number of carboxylic acids is 2. The van der Waals surface area contributed by atoms with E-state index in [0.29, 0.717) is 0 Å². The molecule has 0 aliphatic carbocycles. The fourth-order valence-electron chi connectivity index (χ4n) is 3.78. The topological polar surface area (TPSA) is 80.3 Å². The SMILES string of the molecule is CC/C=C\C/C=C\C/C=C\CCCCCCCC(=O)[O-].CC/C=C\C/C=C\C/C=C\CCCCCCCC(=O)[O-].[Mg+2]. The minimum Gasteiger partial charge on any atom is -0.550 e. The average Bonchev–Trinajstić information content (AvgIpc) is 2.93. The molecule has 0 saturated carbocycles. The second-order valence-corrected chi connectivity index (χ2v) is 9.94. The summed E-state index contributed by atoms with van der Waals surface area (Å²) in [7, 11) is 0. The van der Waals surface area contributed by atoms with E-state index < -0.39 is 11.9 Å². The van der Waals surface area contributed by atoms with Crippen LogP contribution in [-0.2, 0) is 9.59 Å². The number of carbonyl (C=O) groups excluding carboxylic acids is 2. The maximum Gasteiger partial charge on any atom is 2.00 e. The van der Waals surface area contributed by atoms with Crippen LogP contribution in [0.15, 0.2) is 72.9 Å². The van der Waals surface area contributed by atoms with Gasteiger partial charge in [0.15, 0.2) is 0 Å². The van der Waals surface area contributed by atoms with Crippen LogP contribution in [-0.4, -0.2) is 35.0 Å². The Labute approximate surface area is 269 Å². The first-order chi connectivity index (χ1) is 19.5. The normalized spacial score (nSPS) is 11.8. The molecule has 228 valence electrons. The van der Waals surface area contributed by atoms with Gasteiger partial charge in [0.1, 0.15) is 0 Å². The van der Waals surface area contributed by atoms with E-state index in [2.05, 4.69) is 86.8 Å². The van der Waals surface area contributed by atoms with E-state index in [1.165, 1.54) is 25.7 Å². The molecule has 41 heavy (non-hydrogen) atoms. The number of allylic oxidation sites excluding steroid dienone is 12. The molecule has 0 radical (unpaired) electrons. The van der Waals surface area contributed by atoms with Crippen molar-refractivity contribution in [3.05, 3.63) is 72.9 Å². The number of unbranched alkanes of at least 4 members (excludes halogenated alkanes) is 10. The van der Waals surface area contributed by atoms with Crippen LogP contribution in [0.3, 0.4) is 0 Å². The van der Waals surface area contributed by atoms with E-state index in [1.807, 2.05) is 0 Å². The van der Waals surface area contributed by atoms with Crippen LogP contribution in [0.1, 0.15) is 142 Å². The number of rotatable bonds is 26. The molecule has 0 aliphatic rings. The summed E-state index contributed by atoms with van der Waals surface area (Å²) in [5.41, 5.74) is 0. The monoisotopic (exact) mass is 578 g/mol. The summed E-state index contributed by atoms with van der Waals surface area (Å²) >= 11 is 0. The molecular weight excluding hydrogens is 521 g/mol. The first-order valence-corrected chi connectivity index (χ1v) is 15.8. The van der Waals surface area contributed by atoms with Crippen LogP contribution in [0.4, 0.5) is 0 Å². The molecule has 0 amide bonds. The van der Waals surface area contributed by atoms with Crippen molar-refractivity contribution >= 4 is 35.0 Å². The number of hydrogen-bond acceptors (Lipinski definition) is 4. The Morgan fingerprint density at radius 2 is 0.683 bits per heavy atom. The molecule has 0 aromatic carbocycles. The van der Waals surface area contributed by atoms with Gasteiger partial charge in [-0.25, -0.2) is 0 Å². The van der Waals surface area contributed by atoms with Crippen molar-refractivity contribution in [3.63, 3.8) is 0 Å². The number of hydrogen-bond donors (Lipinski definition) is 0. The van der Waals surface area contributed by atoms with Crippen LogP contribution in [0.2, 0.25) is 0 Å². The third kappa shape index (κ3) is 48.2. The third-order valence-electron chi connectivity index (χ3n) is 6.06. The Morgan fingerprint density at radius 3 is 1.00 bits per heavy atom. The Balaban J connectivity index is -0.000000688. The molecule has 0 aromatic heterocycles. The summed E-state index contributed by atoms with van der Waals surface area (Å²) in [5.74, 6) is -1.85. The second-order valence-electron chi connectivity index (χ2n) is 9.94. The Bertz CT molecular complexity index is 670. The Hall–Kier alpha value is -1.85. The number of aliphatic carboxylic acids is 2. The van der Waals surface area contributed by atoms with Gasteiger partial charge in [-0.3, -0.25) is 0 Å². The van der Waals surface area contributed by atoms with Gasteiger partial charge < -0.3 is 19.8 Å². The van der Waals surface area contributed by atoms with E-state index >= 15 is 0 Å². The van der Waals surface area contributed by atoms with Gasteiger partial charge in [-0.2, -0.15) is 0 Å². The van der Waals surface area contributed by atoms with E-state index in [9.17, 15) is 19.8 Å². The van der Waals surface area contributed by atoms with Crippen LogP contribution in [0, 0.1) is 0 Å². The van der Waals surface area contributed by atoms with Crippen LogP contribution in [0.5, 0.6) is 0 Å². The zero-order valence-corrected chi connectivity index (χ0v) is 27.8. The van der Waals surface area contributed by atoms with Crippen LogP contribution in [0.25, 0.3) is 0 Å². The largest absolute Gasteiger partial charge is 2.00 e. The van der Waals surface area contributed by atoms with Crippen molar-refractivity contribution < 1.29 is 19.8 Å². The van der Waals surface area contributed by atoms with Crippen molar-refractivity contribution in [1.29, 1.82) is 0 Å². The molecule has 5 heteroatoms. The summed E-state index contributed by atoms with van der Waals surface area (Å²) < 4.78 is 0. The molecule has 0 unspecified atom stereocenters. The minimum absolute atomic E-state index is 0. The first-order valence-electron chi connectivity index (χ1n) is 15.8. The molecule has 0 saturated heterocycles. The van der Waals surface area contributed by atoms with Gasteiger partial charge in [0.05, 0.1) is 0 Å². The predicted octanol–water partition coefficient (Wildman–Crippen LogP) is 8.27. The van der Waals surface area contributed by atoms with E-state index in [4.69, 9.17) is 0 Å². The molecule has 0 spiro atoms. The van der Waals surface area contributed by atoms with Gasteiger partial charge in [0.2, 0.25) is 0 Å². The number of carboxylic acid groups (broad SMARTS) is 2. The van der Waals surface area contributed by atoms with E-state index in [1.54, 1.807) is 0 Å². The quantitative estimate of drug-likeness (QED) is 0.0587. The molecule has 0 fully saturated rings. The smallest absolute Gasteiger partial charge is 0.550 e. The van der Waals surface area contributed by atoms with Gasteiger partial charge in [-0.05, 0) is 89.9 Å². The molecular formula is C36H58MgO4. The molecule has 0 atom stereocenters. The van der Waals surface area contributed by atoms with Gasteiger partial charge in [0.25, 0.3) is 0 Å². The van der Waals surface area contributed by atoms with E-state index in [0.717, 1.165) is 89.9 Å². The van der Waals surface area contributed by atoms with Gasteiger partial charge in [0, 0.05) is 11.9 Å². The molecule has 0 aromatic rings. The molecule has 0 N–H and O–H groups in total. The van der Waals surface area contributed by atoms with Crippen molar-refractivity contribution in [2.45, 2.75) is 142 Å². The fraction of sp³-hybridized carbons (Fsp3) is 0.611. The summed E-state index contributed by atoms with van der Waals surface area (Å²) in [6, 6.07) is 0. The predicted molar refractivity (Wildman–Crippen MR) is 174 cm³/mol. The summed E-state index contributed by atoms with van der Waals surface area (Å²) in [6.45, 7) is 4.29. The van der Waals surface area contributed by atoms with Crippen LogP contribution >= 0.6 is 0 Å². The molecule has 0 heterocycles. The zero-order valence-electron chi connectivity index (χ0n) is 26.4. The van der Waals surface area contributed by atoms with Crippen molar-refractivity contribution in [3.8, 4) is 0 Å². The van der Waals surface area contributed by atoms with E-state index in [-0.39, 0.29) is 35.9 Å². The average molecular weight is 579 g/mol. The first kappa shape index (κ1) is 43.6. The molecule has 4 nitrogen and oxygen atoms in total.